The zero-order chi connectivity index (χ0) is 19.3. The van der Waals surface area contributed by atoms with E-state index in [1.54, 1.807) is 17.1 Å². The summed E-state index contributed by atoms with van der Waals surface area (Å²) in [4.78, 5) is 14.0. The molecule has 0 fully saturated rings. The predicted molar refractivity (Wildman–Crippen MR) is 112 cm³/mol. The molecule has 1 amide bonds. The first-order chi connectivity index (χ1) is 13.2. The van der Waals surface area contributed by atoms with Gasteiger partial charge in [0.2, 0.25) is 5.91 Å². The van der Waals surface area contributed by atoms with Crippen LogP contribution in [0.1, 0.15) is 12.0 Å². The smallest absolute Gasteiger partial charge is 0.242 e. The molecule has 0 aliphatic rings. The minimum Gasteiger partial charge on any atom is -0.494 e. The second-order valence-electron chi connectivity index (χ2n) is 6.20. The van der Waals surface area contributed by atoms with Crippen molar-refractivity contribution in [1.82, 2.24) is 4.90 Å². The summed E-state index contributed by atoms with van der Waals surface area (Å²) in [5, 5.41) is 3.16. The zero-order valence-corrected chi connectivity index (χ0v) is 15.8. The highest BCUT2D eigenvalue weighted by Gasteiger charge is 2.10. The second-order valence-corrected chi connectivity index (χ2v) is 6.20. The van der Waals surface area contributed by atoms with Gasteiger partial charge in [0.1, 0.15) is 5.75 Å². The molecule has 0 radical (unpaired) electrons. The van der Waals surface area contributed by atoms with Gasteiger partial charge in [-0.05, 0) is 30.5 Å². The number of hydrogen-bond donors (Lipinski definition) is 1. The Morgan fingerprint density at radius 2 is 1.78 bits per heavy atom. The minimum absolute atomic E-state index is 0.00369. The fourth-order valence-electron chi connectivity index (χ4n) is 2.69. The Morgan fingerprint density at radius 1 is 1.04 bits per heavy atom. The van der Waals surface area contributed by atoms with Crippen LogP contribution in [-0.4, -0.2) is 37.0 Å². The Bertz CT molecular complexity index is 718. The van der Waals surface area contributed by atoms with E-state index in [1.165, 1.54) is 5.56 Å². The number of hydrogen-bond acceptors (Lipinski definition) is 3. The first-order valence-electron chi connectivity index (χ1n) is 9.23. The van der Waals surface area contributed by atoms with E-state index in [2.05, 4.69) is 42.7 Å². The van der Waals surface area contributed by atoms with Crippen molar-refractivity contribution in [2.45, 2.75) is 12.8 Å². The van der Waals surface area contributed by atoms with Gasteiger partial charge in [-0.15, -0.1) is 13.2 Å². The monoisotopic (exact) mass is 364 g/mol. The Labute approximate surface area is 162 Å². The number of anilines is 1. The first kappa shape index (κ1) is 20.3. The summed E-state index contributed by atoms with van der Waals surface area (Å²) in [6.45, 7) is 9.27. The molecule has 2 rings (SSSR count). The molecule has 2 aromatic rings. The highest BCUT2D eigenvalue weighted by Crippen LogP contribution is 2.17. The van der Waals surface area contributed by atoms with Gasteiger partial charge in [-0.3, -0.25) is 4.79 Å². The highest BCUT2D eigenvalue weighted by atomic mass is 16.5. The summed E-state index contributed by atoms with van der Waals surface area (Å²) in [5.41, 5.74) is 2.18. The third-order valence-electron chi connectivity index (χ3n) is 4.05. The number of carbonyl (C=O) groups is 1. The number of nitrogens with zero attached hydrogens (tertiary/aromatic N) is 1. The Hall–Kier alpha value is -3.01. The largest absolute Gasteiger partial charge is 0.494 e. The van der Waals surface area contributed by atoms with Gasteiger partial charge in [-0.2, -0.15) is 0 Å². The Balaban J connectivity index is 1.77. The Morgan fingerprint density at radius 3 is 2.48 bits per heavy atom. The van der Waals surface area contributed by atoms with E-state index in [0.717, 1.165) is 24.3 Å². The first-order valence-corrected chi connectivity index (χ1v) is 9.23. The van der Waals surface area contributed by atoms with Crippen molar-refractivity contribution in [3.63, 3.8) is 0 Å². The lowest BCUT2D eigenvalue weighted by Crippen LogP contribution is -2.35. The Kier molecular flexibility index (Phi) is 8.70. The molecule has 0 aromatic heterocycles. The van der Waals surface area contributed by atoms with E-state index in [1.807, 2.05) is 30.3 Å². The number of benzene rings is 2. The molecule has 4 nitrogen and oxygen atoms in total. The fraction of sp³-hybridized carbons (Fsp3) is 0.261. The molecule has 1 N–H and O–H groups in total. The number of nitrogens with one attached hydrogen (secondary N) is 1. The lowest BCUT2D eigenvalue weighted by atomic mass is 10.1. The van der Waals surface area contributed by atoms with Crippen LogP contribution in [0.5, 0.6) is 5.75 Å². The SMILES string of the molecule is C=CCN(CC=C)C(=O)CNc1cccc(OCCCc2ccccc2)c1. The number of carbonyl (C=O) groups excluding carboxylic acids is 1. The standard InChI is InChI=1S/C23H28N2O2/c1-3-15-25(16-4-2)23(26)19-24-21-13-8-14-22(18-21)27-17-9-12-20-10-6-5-7-11-20/h3-8,10-11,13-14,18,24H,1-2,9,12,15-17,19H2. The van der Waals surface area contributed by atoms with E-state index < -0.39 is 0 Å². The third-order valence-corrected chi connectivity index (χ3v) is 4.05. The van der Waals surface area contributed by atoms with E-state index in [-0.39, 0.29) is 12.5 Å². The van der Waals surface area contributed by atoms with Crippen LogP contribution in [0.15, 0.2) is 79.9 Å². The summed E-state index contributed by atoms with van der Waals surface area (Å²) < 4.78 is 5.84. The van der Waals surface area contributed by atoms with Gasteiger partial charge >= 0.3 is 0 Å². The molecule has 0 atom stereocenters. The lowest BCUT2D eigenvalue weighted by molar-refractivity contribution is -0.128. The van der Waals surface area contributed by atoms with Crippen LogP contribution in [0.2, 0.25) is 0 Å². The second kappa shape index (κ2) is 11.6. The van der Waals surface area contributed by atoms with Crippen molar-refractivity contribution in [1.29, 1.82) is 0 Å². The van der Waals surface area contributed by atoms with Crippen LogP contribution in [0, 0.1) is 0 Å². The van der Waals surface area contributed by atoms with Crippen LogP contribution in [0.3, 0.4) is 0 Å². The van der Waals surface area contributed by atoms with E-state index >= 15 is 0 Å². The van der Waals surface area contributed by atoms with E-state index in [4.69, 9.17) is 4.74 Å². The summed E-state index contributed by atoms with van der Waals surface area (Å²) in [6.07, 6.45) is 5.38. The minimum atomic E-state index is 0.00369. The fourth-order valence-corrected chi connectivity index (χ4v) is 2.69. The van der Waals surface area contributed by atoms with Crippen molar-refractivity contribution in [2.24, 2.45) is 0 Å². The number of rotatable bonds is 12. The van der Waals surface area contributed by atoms with Gasteiger partial charge in [-0.1, -0.05) is 48.6 Å². The van der Waals surface area contributed by atoms with Crippen LogP contribution in [0.25, 0.3) is 0 Å². The highest BCUT2D eigenvalue weighted by molar-refractivity contribution is 5.81. The molecular weight excluding hydrogens is 336 g/mol. The van der Waals surface area contributed by atoms with Gasteiger partial charge < -0.3 is 15.0 Å². The molecule has 4 heteroatoms. The van der Waals surface area contributed by atoms with Crippen LogP contribution >= 0.6 is 0 Å². The molecule has 0 saturated heterocycles. The maximum absolute atomic E-state index is 12.3. The van der Waals surface area contributed by atoms with Crippen LogP contribution in [-0.2, 0) is 11.2 Å². The average Bonchev–Trinajstić information content (AvgIpc) is 2.70. The third kappa shape index (κ3) is 7.40. The molecule has 142 valence electrons. The van der Waals surface area contributed by atoms with Gasteiger partial charge in [0.05, 0.1) is 13.2 Å². The molecule has 0 saturated carbocycles. The van der Waals surface area contributed by atoms with Crippen molar-refractivity contribution in [3.8, 4) is 5.75 Å². The maximum Gasteiger partial charge on any atom is 0.242 e. The zero-order valence-electron chi connectivity index (χ0n) is 15.8. The van der Waals surface area contributed by atoms with Gasteiger partial charge in [-0.25, -0.2) is 0 Å². The van der Waals surface area contributed by atoms with Crippen molar-refractivity contribution >= 4 is 11.6 Å². The summed E-state index contributed by atoms with van der Waals surface area (Å²) in [6, 6.07) is 18.1. The molecule has 0 heterocycles. The van der Waals surface area contributed by atoms with Crippen molar-refractivity contribution < 1.29 is 9.53 Å². The average molecular weight is 364 g/mol. The van der Waals surface area contributed by atoms with E-state index in [0.29, 0.717) is 19.7 Å². The number of amides is 1. The molecule has 0 aliphatic heterocycles. The van der Waals surface area contributed by atoms with Gasteiger partial charge in [0.15, 0.2) is 0 Å². The maximum atomic E-state index is 12.3. The number of aryl methyl sites for hydroxylation is 1. The predicted octanol–water partition coefficient (Wildman–Crippen LogP) is 4.31. The summed E-state index contributed by atoms with van der Waals surface area (Å²) in [5.74, 6) is 0.804. The van der Waals surface area contributed by atoms with Crippen molar-refractivity contribution in [2.75, 3.05) is 31.6 Å². The van der Waals surface area contributed by atoms with Crippen LogP contribution < -0.4 is 10.1 Å². The molecule has 0 aliphatic carbocycles. The molecule has 0 bridgehead atoms. The van der Waals surface area contributed by atoms with Crippen molar-refractivity contribution in [3.05, 3.63) is 85.5 Å². The van der Waals surface area contributed by atoms with Gasteiger partial charge in [0, 0.05) is 24.8 Å². The molecule has 2 aromatic carbocycles. The quantitative estimate of drug-likeness (QED) is 0.451. The molecular formula is C23H28N2O2. The van der Waals surface area contributed by atoms with E-state index in [9.17, 15) is 4.79 Å². The molecule has 0 spiro atoms. The molecule has 0 unspecified atom stereocenters. The molecule has 27 heavy (non-hydrogen) atoms. The van der Waals surface area contributed by atoms with Gasteiger partial charge in [0.25, 0.3) is 0 Å². The lowest BCUT2D eigenvalue weighted by Gasteiger charge is -2.20. The summed E-state index contributed by atoms with van der Waals surface area (Å²) in [7, 11) is 0. The van der Waals surface area contributed by atoms with Crippen LogP contribution in [0.4, 0.5) is 5.69 Å². The topological polar surface area (TPSA) is 41.6 Å². The number of ether oxygens (including phenoxy) is 1. The summed E-state index contributed by atoms with van der Waals surface area (Å²) >= 11 is 0. The normalized spacial score (nSPS) is 10.1.